The van der Waals surface area contributed by atoms with Crippen LogP contribution < -0.4 is 5.32 Å². The molecule has 1 amide bonds. The maximum atomic E-state index is 12.1. The number of nitrogens with one attached hydrogen (secondary N) is 1. The summed E-state index contributed by atoms with van der Waals surface area (Å²) in [5.41, 5.74) is 0.0598. The van der Waals surface area contributed by atoms with Crippen LogP contribution in [0.1, 0.15) is 57.3 Å². The smallest absolute Gasteiger partial charge is 0.231 e. The molecule has 6 nitrogen and oxygen atoms in total. The van der Waals surface area contributed by atoms with Crippen molar-refractivity contribution < 1.29 is 14.4 Å². The van der Waals surface area contributed by atoms with Gasteiger partial charge in [-0.2, -0.15) is 4.98 Å². The number of carbonyl (C=O) groups is 1. The van der Waals surface area contributed by atoms with Crippen LogP contribution in [0.5, 0.6) is 0 Å². The Hall–Kier alpha value is -2.21. The summed E-state index contributed by atoms with van der Waals surface area (Å²) < 4.78 is 5.32. The van der Waals surface area contributed by atoms with Crippen LogP contribution in [0.3, 0.4) is 0 Å². The third-order valence-corrected chi connectivity index (χ3v) is 4.77. The summed E-state index contributed by atoms with van der Waals surface area (Å²) in [6.07, 6.45) is 4.70. The summed E-state index contributed by atoms with van der Waals surface area (Å²) in [7, 11) is 0. The highest BCUT2D eigenvalue weighted by Gasteiger charge is 2.31. The third kappa shape index (κ3) is 4.66. The Morgan fingerprint density at radius 1 is 1.28 bits per heavy atom. The Morgan fingerprint density at radius 2 is 2.00 bits per heavy atom. The summed E-state index contributed by atoms with van der Waals surface area (Å²) in [6, 6.07) is 9.62. The van der Waals surface area contributed by atoms with E-state index in [2.05, 4.69) is 15.5 Å². The van der Waals surface area contributed by atoms with Crippen molar-refractivity contribution in [2.75, 3.05) is 6.54 Å². The molecule has 6 heteroatoms. The topological polar surface area (TPSA) is 88.2 Å². The van der Waals surface area contributed by atoms with Crippen LogP contribution >= 0.6 is 0 Å². The van der Waals surface area contributed by atoms with Gasteiger partial charge in [-0.1, -0.05) is 61.7 Å². The van der Waals surface area contributed by atoms with Gasteiger partial charge in [0.2, 0.25) is 17.6 Å². The molecule has 1 atom stereocenters. The van der Waals surface area contributed by atoms with Crippen molar-refractivity contribution in [3.63, 3.8) is 0 Å². The summed E-state index contributed by atoms with van der Waals surface area (Å²) in [6.45, 7) is 2.34. The zero-order valence-corrected chi connectivity index (χ0v) is 14.6. The molecule has 134 valence electrons. The third-order valence-electron chi connectivity index (χ3n) is 4.77. The molecule has 1 aliphatic carbocycles. The van der Waals surface area contributed by atoms with Crippen molar-refractivity contribution in [2.45, 2.75) is 57.0 Å². The Balaban J connectivity index is 1.51. The summed E-state index contributed by atoms with van der Waals surface area (Å²) in [5.74, 6) is 0.829. The lowest BCUT2D eigenvalue weighted by molar-refractivity contribution is -0.127. The average Bonchev–Trinajstić information content (AvgIpc) is 3.11. The van der Waals surface area contributed by atoms with Crippen LogP contribution in [0, 0.1) is 0 Å². The maximum Gasteiger partial charge on any atom is 0.231 e. The molecule has 1 heterocycles. The van der Waals surface area contributed by atoms with Gasteiger partial charge in [0.25, 0.3) is 0 Å². The predicted molar refractivity (Wildman–Crippen MR) is 93.8 cm³/mol. The van der Waals surface area contributed by atoms with Gasteiger partial charge in [0.15, 0.2) is 0 Å². The van der Waals surface area contributed by atoms with Crippen molar-refractivity contribution in [1.82, 2.24) is 15.5 Å². The van der Waals surface area contributed by atoms with E-state index < -0.39 is 5.60 Å². The molecular weight excluding hydrogens is 318 g/mol. The fourth-order valence-electron chi connectivity index (χ4n) is 3.24. The van der Waals surface area contributed by atoms with E-state index in [4.69, 9.17) is 4.52 Å². The van der Waals surface area contributed by atoms with Gasteiger partial charge in [-0.15, -0.1) is 0 Å². The lowest BCUT2D eigenvalue weighted by Gasteiger charge is -2.31. The molecule has 3 rings (SSSR count). The van der Waals surface area contributed by atoms with Crippen molar-refractivity contribution in [1.29, 1.82) is 0 Å². The Labute approximate surface area is 147 Å². The van der Waals surface area contributed by atoms with Gasteiger partial charge in [0.1, 0.15) is 0 Å². The van der Waals surface area contributed by atoms with E-state index in [0.717, 1.165) is 24.8 Å². The van der Waals surface area contributed by atoms with Crippen molar-refractivity contribution >= 4 is 5.91 Å². The molecule has 0 radical (unpaired) electrons. The van der Waals surface area contributed by atoms with Gasteiger partial charge >= 0.3 is 0 Å². The number of benzene rings is 1. The maximum absolute atomic E-state index is 12.1. The first kappa shape index (κ1) is 17.6. The number of nitrogens with zero attached hydrogens (tertiary/aromatic N) is 2. The minimum absolute atomic E-state index is 0.0880. The van der Waals surface area contributed by atoms with Crippen molar-refractivity contribution in [3.05, 3.63) is 36.2 Å². The van der Waals surface area contributed by atoms with Crippen molar-refractivity contribution in [2.24, 2.45) is 0 Å². The van der Waals surface area contributed by atoms with Crippen LogP contribution in [0.25, 0.3) is 11.4 Å². The van der Waals surface area contributed by atoms with Gasteiger partial charge in [0.05, 0.1) is 17.9 Å². The molecule has 1 unspecified atom stereocenters. The standard InChI is InChI=1S/C19H25N3O3/c1-14(13-20-16(23)12-19(24)10-6-3-7-11-19)18-21-17(22-25-18)15-8-4-2-5-9-15/h2,4-5,8-9,14,24H,3,6-7,10-13H2,1H3,(H,20,23). The molecule has 0 bridgehead atoms. The number of hydrogen-bond acceptors (Lipinski definition) is 5. The molecule has 0 saturated heterocycles. The first-order chi connectivity index (χ1) is 12.1. The van der Waals surface area contributed by atoms with Gasteiger partial charge in [0, 0.05) is 12.1 Å². The number of rotatable bonds is 6. The molecule has 1 aromatic heterocycles. The van der Waals surface area contributed by atoms with Gasteiger partial charge in [-0.25, -0.2) is 0 Å². The summed E-state index contributed by atoms with van der Waals surface area (Å²) in [5, 5.41) is 17.3. The molecule has 2 aromatic rings. The van der Waals surface area contributed by atoms with Crippen LogP contribution in [-0.4, -0.2) is 33.3 Å². The molecule has 1 aromatic carbocycles. The second-order valence-electron chi connectivity index (χ2n) is 6.99. The highest BCUT2D eigenvalue weighted by atomic mass is 16.5. The molecule has 2 N–H and O–H groups in total. The predicted octanol–water partition coefficient (Wildman–Crippen LogP) is 3.04. The molecular formula is C19H25N3O3. The molecule has 1 saturated carbocycles. The largest absolute Gasteiger partial charge is 0.389 e. The van der Waals surface area contributed by atoms with E-state index in [0.29, 0.717) is 31.1 Å². The second kappa shape index (κ2) is 7.78. The first-order valence-electron chi connectivity index (χ1n) is 8.94. The number of hydrogen-bond donors (Lipinski definition) is 2. The second-order valence-corrected chi connectivity index (χ2v) is 6.99. The van der Waals surface area contributed by atoms with E-state index in [1.54, 1.807) is 0 Å². The number of aliphatic hydroxyl groups is 1. The zero-order chi connectivity index (χ0) is 17.7. The number of carbonyl (C=O) groups excluding carboxylic acids is 1. The van der Waals surface area contributed by atoms with E-state index in [9.17, 15) is 9.90 Å². The van der Waals surface area contributed by atoms with Crippen LogP contribution in [-0.2, 0) is 4.79 Å². The molecule has 1 fully saturated rings. The lowest BCUT2D eigenvalue weighted by Crippen LogP contribution is -2.39. The van der Waals surface area contributed by atoms with Gasteiger partial charge in [-0.3, -0.25) is 4.79 Å². The van der Waals surface area contributed by atoms with E-state index in [1.165, 1.54) is 0 Å². The monoisotopic (exact) mass is 343 g/mol. The highest BCUT2D eigenvalue weighted by molar-refractivity contribution is 5.77. The Kier molecular flexibility index (Phi) is 5.48. The first-order valence-corrected chi connectivity index (χ1v) is 8.94. The minimum atomic E-state index is -0.837. The Morgan fingerprint density at radius 3 is 2.72 bits per heavy atom. The quantitative estimate of drug-likeness (QED) is 0.841. The number of amides is 1. The number of aromatic nitrogens is 2. The normalized spacial score (nSPS) is 17.8. The fraction of sp³-hybridized carbons (Fsp3) is 0.526. The van der Waals surface area contributed by atoms with Crippen LogP contribution in [0.2, 0.25) is 0 Å². The van der Waals surface area contributed by atoms with Crippen molar-refractivity contribution in [3.8, 4) is 11.4 Å². The SMILES string of the molecule is CC(CNC(=O)CC1(O)CCCCC1)c1nc(-c2ccccc2)no1. The summed E-state index contributed by atoms with van der Waals surface area (Å²) in [4.78, 5) is 16.6. The highest BCUT2D eigenvalue weighted by Crippen LogP contribution is 2.30. The fourth-order valence-corrected chi connectivity index (χ4v) is 3.24. The molecule has 25 heavy (non-hydrogen) atoms. The van der Waals surface area contributed by atoms with Gasteiger partial charge < -0.3 is 14.9 Å². The van der Waals surface area contributed by atoms with Gasteiger partial charge in [-0.05, 0) is 12.8 Å². The van der Waals surface area contributed by atoms with E-state index in [-0.39, 0.29) is 18.2 Å². The minimum Gasteiger partial charge on any atom is -0.389 e. The lowest BCUT2D eigenvalue weighted by atomic mass is 9.82. The molecule has 0 aliphatic heterocycles. The molecule has 1 aliphatic rings. The molecule has 0 spiro atoms. The van der Waals surface area contributed by atoms with E-state index >= 15 is 0 Å². The van der Waals surface area contributed by atoms with Crippen LogP contribution in [0.15, 0.2) is 34.9 Å². The van der Waals surface area contributed by atoms with E-state index in [1.807, 2.05) is 37.3 Å². The summed E-state index contributed by atoms with van der Waals surface area (Å²) >= 11 is 0. The Bertz CT molecular complexity index is 693. The average molecular weight is 343 g/mol. The van der Waals surface area contributed by atoms with Crippen LogP contribution in [0.4, 0.5) is 0 Å². The zero-order valence-electron chi connectivity index (χ0n) is 14.6.